The zero-order chi connectivity index (χ0) is 8.55. The Balaban J connectivity index is 2.11. The summed E-state index contributed by atoms with van der Waals surface area (Å²) >= 11 is 5.53. The molecule has 0 amide bonds. The number of halogens is 1. The highest BCUT2D eigenvalue weighted by molar-refractivity contribution is 6.27. The number of hydrogen-bond donors (Lipinski definition) is 0. The van der Waals surface area contributed by atoms with Crippen LogP contribution in [0.3, 0.4) is 0 Å². The van der Waals surface area contributed by atoms with Gasteiger partial charge in [0.2, 0.25) is 0 Å². The summed E-state index contributed by atoms with van der Waals surface area (Å²) in [6.45, 7) is 2.25. The molecule has 1 aromatic rings. The van der Waals surface area contributed by atoms with Gasteiger partial charge in [-0.15, -0.1) is 0 Å². The van der Waals surface area contributed by atoms with E-state index in [4.69, 9.17) is 16.1 Å². The maximum Gasteiger partial charge on any atom is 0.320 e. The molecule has 0 aromatic carbocycles. The monoisotopic (exact) mass is 186 g/mol. The van der Waals surface area contributed by atoms with Gasteiger partial charge in [0.25, 0.3) is 0 Å². The summed E-state index contributed by atoms with van der Waals surface area (Å²) in [6, 6.07) is 0. The van der Waals surface area contributed by atoms with Crippen LogP contribution in [0.2, 0.25) is 5.35 Å². The number of nitrogens with zero attached hydrogens (tertiary/aromatic N) is 2. The van der Waals surface area contributed by atoms with Crippen molar-refractivity contribution in [3.63, 3.8) is 0 Å². The largest absolute Gasteiger partial charge is 0.321 e. The van der Waals surface area contributed by atoms with E-state index in [1.165, 1.54) is 6.42 Å². The molecule has 1 aliphatic carbocycles. The normalized spacial score (nSPS) is 29.5. The molecule has 0 N–H and O–H groups in total. The van der Waals surface area contributed by atoms with Crippen LogP contribution in [-0.2, 0) is 0 Å². The first kappa shape index (κ1) is 8.05. The molecule has 0 radical (unpaired) electrons. The molecule has 2 atom stereocenters. The number of rotatable bonds is 1. The van der Waals surface area contributed by atoms with Gasteiger partial charge < -0.3 is 4.52 Å². The molecule has 1 aliphatic rings. The van der Waals surface area contributed by atoms with Crippen LogP contribution in [0.1, 0.15) is 37.9 Å². The van der Waals surface area contributed by atoms with E-state index in [9.17, 15) is 0 Å². The second-order valence-electron chi connectivity index (χ2n) is 3.52. The molecule has 2 unspecified atom stereocenters. The van der Waals surface area contributed by atoms with Gasteiger partial charge in [-0.2, -0.15) is 4.98 Å². The van der Waals surface area contributed by atoms with Crippen molar-refractivity contribution in [1.29, 1.82) is 0 Å². The van der Waals surface area contributed by atoms with Crippen molar-refractivity contribution < 1.29 is 4.52 Å². The number of hydrogen-bond acceptors (Lipinski definition) is 3. The van der Waals surface area contributed by atoms with E-state index in [0.717, 1.165) is 24.6 Å². The fraction of sp³-hybridized carbons (Fsp3) is 0.750. The lowest BCUT2D eigenvalue weighted by Crippen LogP contribution is -1.95. The van der Waals surface area contributed by atoms with Crippen LogP contribution in [0.25, 0.3) is 0 Å². The van der Waals surface area contributed by atoms with Gasteiger partial charge in [0.05, 0.1) is 0 Å². The van der Waals surface area contributed by atoms with E-state index in [1.807, 2.05) is 0 Å². The zero-order valence-corrected chi connectivity index (χ0v) is 7.71. The molecule has 0 spiro atoms. The van der Waals surface area contributed by atoms with Crippen LogP contribution in [0.5, 0.6) is 0 Å². The van der Waals surface area contributed by atoms with E-state index < -0.39 is 0 Å². The van der Waals surface area contributed by atoms with Crippen molar-refractivity contribution in [3.8, 4) is 0 Å². The lowest BCUT2D eigenvalue weighted by atomic mass is 10.1. The Bertz CT molecular complexity index is 274. The quantitative estimate of drug-likeness (QED) is 0.677. The third kappa shape index (κ3) is 1.46. The van der Waals surface area contributed by atoms with E-state index in [2.05, 4.69) is 17.1 Å². The lowest BCUT2D eigenvalue weighted by Gasteiger charge is -2.01. The second-order valence-corrected chi connectivity index (χ2v) is 3.84. The molecule has 2 rings (SSSR count). The van der Waals surface area contributed by atoms with Gasteiger partial charge in [-0.25, -0.2) is 0 Å². The minimum Gasteiger partial charge on any atom is -0.321 e. The SMILES string of the molecule is CC1CCC(c2noc(Cl)n2)C1. The highest BCUT2D eigenvalue weighted by Crippen LogP contribution is 2.36. The first-order valence-corrected chi connectivity index (χ1v) is 4.62. The molecule has 3 nitrogen and oxygen atoms in total. The molecule has 12 heavy (non-hydrogen) atoms. The van der Waals surface area contributed by atoms with Crippen molar-refractivity contribution in [2.45, 2.75) is 32.1 Å². The standard InChI is InChI=1S/C8H11ClN2O/c1-5-2-3-6(4-5)7-10-8(9)12-11-7/h5-6H,2-4H2,1H3. The van der Waals surface area contributed by atoms with Gasteiger partial charge >= 0.3 is 5.35 Å². The van der Waals surface area contributed by atoms with Crippen LogP contribution in [0.4, 0.5) is 0 Å². The molecular formula is C8H11ClN2O. The molecule has 1 aromatic heterocycles. The van der Waals surface area contributed by atoms with Crippen LogP contribution in [0.15, 0.2) is 4.52 Å². The predicted octanol–water partition coefficient (Wildman–Crippen LogP) is 2.63. The third-order valence-electron chi connectivity index (χ3n) is 2.48. The number of aromatic nitrogens is 2. The minimum atomic E-state index is 0.157. The Hall–Kier alpha value is -0.570. The second kappa shape index (κ2) is 3.05. The molecule has 0 saturated heterocycles. The summed E-state index contributed by atoms with van der Waals surface area (Å²) in [4.78, 5) is 4.01. The van der Waals surface area contributed by atoms with Gasteiger partial charge in [-0.3, -0.25) is 0 Å². The maximum absolute atomic E-state index is 5.53. The van der Waals surface area contributed by atoms with E-state index in [0.29, 0.717) is 5.92 Å². The Kier molecular flexibility index (Phi) is 2.05. The Labute approximate surface area is 76.1 Å². The Morgan fingerprint density at radius 3 is 2.83 bits per heavy atom. The summed E-state index contributed by atoms with van der Waals surface area (Å²) in [5.41, 5.74) is 0. The molecule has 66 valence electrons. The smallest absolute Gasteiger partial charge is 0.320 e. The van der Waals surface area contributed by atoms with Crippen molar-refractivity contribution in [2.75, 3.05) is 0 Å². The van der Waals surface area contributed by atoms with Crippen molar-refractivity contribution in [3.05, 3.63) is 11.2 Å². The molecule has 4 heteroatoms. The fourth-order valence-corrected chi connectivity index (χ4v) is 1.94. The van der Waals surface area contributed by atoms with Gasteiger partial charge in [-0.1, -0.05) is 12.1 Å². The van der Waals surface area contributed by atoms with E-state index in [1.54, 1.807) is 0 Å². The van der Waals surface area contributed by atoms with Crippen LogP contribution < -0.4 is 0 Å². The van der Waals surface area contributed by atoms with E-state index >= 15 is 0 Å². The Morgan fingerprint density at radius 1 is 1.50 bits per heavy atom. The molecule has 0 aliphatic heterocycles. The average Bonchev–Trinajstić information content (AvgIpc) is 2.58. The first-order valence-electron chi connectivity index (χ1n) is 4.25. The molecule has 1 fully saturated rings. The first-order chi connectivity index (χ1) is 5.75. The van der Waals surface area contributed by atoms with E-state index in [-0.39, 0.29) is 5.35 Å². The summed E-state index contributed by atoms with van der Waals surface area (Å²) < 4.78 is 4.72. The highest BCUT2D eigenvalue weighted by atomic mass is 35.5. The van der Waals surface area contributed by atoms with Crippen LogP contribution >= 0.6 is 11.6 Å². The molecule has 0 bridgehead atoms. The van der Waals surface area contributed by atoms with Crippen molar-refractivity contribution in [2.24, 2.45) is 5.92 Å². The predicted molar refractivity (Wildman–Crippen MR) is 45.1 cm³/mol. The summed E-state index contributed by atoms with van der Waals surface area (Å²) in [6.07, 6.45) is 3.59. The Morgan fingerprint density at radius 2 is 2.33 bits per heavy atom. The molecular weight excluding hydrogens is 176 g/mol. The third-order valence-corrected chi connectivity index (χ3v) is 2.63. The summed E-state index contributed by atoms with van der Waals surface area (Å²) in [5.74, 6) is 2.04. The van der Waals surface area contributed by atoms with Gasteiger partial charge in [0, 0.05) is 5.92 Å². The fourth-order valence-electron chi connectivity index (χ4n) is 1.82. The zero-order valence-electron chi connectivity index (χ0n) is 6.96. The molecule has 1 saturated carbocycles. The lowest BCUT2D eigenvalue weighted by molar-refractivity contribution is 0.405. The molecule has 1 heterocycles. The minimum absolute atomic E-state index is 0.157. The van der Waals surface area contributed by atoms with Crippen LogP contribution in [-0.4, -0.2) is 10.1 Å². The van der Waals surface area contributed by atoms with Crippen LogP contribution in [0, 0.1) is 5.92 Å². The van der Waals surface area contributed by atoms with Gasteiger partial charge in [0.1, 0.15) is 0 Å². The van der Waals surface area contributed by atoms with Crippen molar-refractivity contribution in [1.82, 2.24) is 10.1 Å². The highest BCUT2D eigenvalue weighted by Gasteiger charge is 2.26. The van der Waals surface area contributed by atoms with Gasteiger partial charge in [-0.05, 0) is 36.8 Å². The summed E-state index contributed by atoms with van der Waals surface area (Å²) in [5, 5.41) is 3.97. The summed E-state index contributed by atoms with van der Waals surface area (Å²) in [7, 11) is 0. The topological polar surface area (TPSA) is 38.9 Å². The van der Waals surface area contributed by atoms with Crippen molar-refractivity contribution >= 4 is 11.6 Å². The van der Waals surface area contributed by atoms with Gasteiger partial charge in [0.15, 0.2) is 5.82 Å². The maximum atomic E-state index is 5.53. The average molecular weight is 187 g/mol.